The number of carbonyl (C=O) groups is 1. The van der Waals surface area contributed by atoms with Crippen molar-refractivity contribution in [3.63, 3.8) is 0 Å². The Labute approximate surface area is 158 Å². The minimum Gasteiger partial charge on any atom is -0.460 e. The molecule has 1 saturated carbocycles. The molecule has 1 aliphatic rings. The van der Waals surface area contributed by atoms with Gasteiger partial charge in [-0.25, -0.2) is 13.2 Å². The lowest BCUT2D eigenvalue weighted by Gasteiger charge is -2.16. The van der Waals surface area contributed by atoms with Crippen LogP contribution in [0.1, 0.15) is 50.8 Å². The first-order valence-electron chi connectivity index (χ1n) is 9.17. The summed E-state index contributed by atoms with van der Waals surface area (Å²) in [5.41, 5.74) is -0.880. The average molecular weight is 384 g/mol. The maximum absolute atomic E-state index is 14.7. The van der Waals surface area contributed by atoms with Crippen LogP contribution in [-0.2, 0) is 33.9 Å². The van der Waals surface area contributed by atoms with E-state index in [1.54, 1.807) is 6.92 Å². The van der Waals surface area contributed by atoms with Crippen LogP contribution in [0, 0.1) is 34.7 Å². The molecule has 1 aromatic carbocycles. The molecule has 2 rings (SSSR count). The van der Waals surface area contributed by atoms with Crippen LogP contribution in [0.25, 0.3) is 0 Å². The number of methoxy groups -OCH3 is 1. The second kappa shape index (κ2) is 8.46. The van der Waals surface area contributed by atoms with Gasteiger partial charge in [0.15, 0.2) is 11.6 Å². The number of halogens is 3. The van der Waals surface area contributed by atoms with Gasteiger partial charge in [-0.15, -0.1) is 0 Å². The Hall–Kier alpha value is -1.82. The lowest BCUT2D eigenvalue weighted by Crippen LogP contribution is -2.15. The monoisotopic (exact) mass is 384 g/mol. The molecule has 1 aromatic rings. The van der Waals surface area contributed by atoms with Crippen molar-refractivity contribution < 1.29 is 27.4 Å². The molecule has 0 radical (unpaired) electrons. The van der Waals surface area contributed by atoms with Gasteiger partial charge in [0, 0.05) is 12.7 Å². The zero-order valence-corrected chi connectivity index (χ0v) is 16.5. The molecule has 1 aliphatic carbocycles. The van der Waals surface area contributed by atoms with Crippen LogP contribution in [0.15, 0.2) is 12.2 Å². The third kappa shape index (κ3) is 4.05. The van der Waals surface area contributed by atoms with Gasteiger partial charge in [0.05, 0.1) is 18.1 Å². The summed E-state index contributed by atoms with van der Waals surface area (Å²) < 4.78 is 53.6. The summed E-state index contributed by atoms with van der Waals surface area (Å²) in [7, 11) is 1.28. The first-order chi connectivity index (χ1) is 12.7. The highest BCUT2D eigenvalue weighted by Gasteiger charge is 2.61. The number of esters is 1. The van der Waals surface area contributed by atoms with E-state index < -0.39 is 35.6 Å². The van der Waals surface area contributed by atoms with Crippen molar-refractivity contribution in [2.75, 3.05) is 7.11 Å². The van der Waals surface area contributed by atoms with Crippen LogP contribution >= 0.6 is 0 Å². The summed E-state index contributed by atoms with van der Waals surface area (Å²) in [6.07, 6.45) is 4.56. The second-order valence-corrected chi connectivity index (χ2v) is 7.52. The van der Waals surface area contributed by atoms with Crippen molar-refractivity contribution in [3.8, 4) is 0 Å². The van der Waals surface area contributed by atoms with Gasteiger partial charge in [-0.3, -0.25) is 4.79 Å². The molecule has 0 unspecified atom stereocenters. The van der Waals surface area contributed by atoms with Gasteiger partial charge in [0.25, 0.3) is 0 Å². The SMILES string of the molecule is CC=C[C@@H]1[C@@H](C(=O)OCc2c(F)c(F)c(COC)c(F)c2CCC)C1(C)C. The van der Waals surface area contributed by atoms with Crippen LogP contribution in [-0.4, -0.2) is 13.1 Å². The summed E-state index contributed by atoms with van der Waals surface area (Å²) in [6, 6.07) is 0. The Morgan fingerprint density at radius 2 is 1.70 bits per heavy atom. The smallest absolute Gasteiger partial charge is 0.310 e. The van der Waals surface area contributed by atoms with Gasteiger partial charge in [-0.1, -0.05) is 39.3 Å². The van der Waals surface area contributed by atoms with Crippen molar-refractivity contribution in [2.45, 2.75) is 53.8 Å². The van der Waals surface area contributed by atoms with Gasteiger partial charge in [-0.2, -0.15) is 0 Å². The molecule has 0 heterocycles. The van der Waals surface area contributed by atoms with Gasteiger partial charge >= 0.3 is 5.97 Å². The van der Waals surface area contributed by atoms with E-state index >= 15 is 0 Å². The van der Waals surface area contributed by atoms with Crippen LogP contribution < -0.4 is 0 Å². The topological polar surface area (TPSA) is 35.5 Å². The van der Waals surface area contributed by atoms with Crippen LogP contribution in [0.5, 0.6) is 0 Å². The number of hydrogen-bond donors (Lipinski definition) is 0. The second-order valence-electron chi connectivity index (χ2n) is 7.52. The highest BCUT2D eigenvalue weighted by atomic mass is 19.2. The minimum absolute atomic E-state index is 0.0383. The number of carbonyl (C=O) groups excluding carboxylic acids is 1. The Balaban J connectivity index is 2.27. The number of benzene rings is 1. The number of allylic oxidation sites excluding steroid dienone is 2. The average Bonchev–Trinajstić information content (AvgIpc) is 3.17. The Morgan fingerprint density at radius 1 is 1.07 bits per heavy atom. The fourth-order valence-corrected chi connectivity index (χ4v) is 3.67. The summed E-state index contributed by atoms with van der Waals surface area (Å²) in [5, 5.41) is 0. The van der Waals surface area contributed by atoms with E-state index in [1.165, 1.54) is 7.11 Å². The molecule has 1 fully saturated rings. The molecule has 2 atom stereocenters. The molecule has 0 saturated heterocycles. The Kier molecular flexibility index (Phi) is 6.73. The van der Waals surface area contributed by atoms with Crippen molar-refractivity contribution in [2.24, 2.45) is 17.3 Å². The largest absolute Gasteiger partial charge is 0.460 e. The molecular formula is C21H27F3O3. The van der Waals surface area contributed by atoms with E-state index in [1.807, 2.05) is 32.9 Å². The summed E-state index contributed by atoms with van der Waals surface area (Å²) in [5.74, 6) is -4.08. The van der Waals surface area contributed by atoms with E-state index in [0.29, 0.717) is 6.42 Å². The van der Waals surface area contributed by atoms with E-state index in [2.05, 4.69) is 0 Å². The number of hydrogen-bond acceptors (Lipinski definition) is 3. The Bertz CT molecular complexity index is 741. The Morgan fingerprint density at radius 3 is 2.26 bits per heavy atom. The van der Waals surface area contributed by atoms with Crippen molar-refractivity contribution in [3.05, 3.63) is 46.3 Å². The summed E-state index contributed by atoms with van der Waals surface area (Å²) >= 11 is 0. The molecule has 0 N–H and O–H groups in total. The first kappa shape index (κ1) is 21.5. The first-order valence-corrected chi connectivity index (χ1v) is 9.17. The highest BCUT2D eigenvalue weighted by Crippen LogP contribution is 2.59. The molecular weight excluding hydrogens is 357 g/mol. The predicted molar refractivity (Wildman–Crippen MR) is 96.4 cm³/mol. The van der Waals surface area contributed by atoms with Crippen molar-refractivity contribution >= 4 is 5.97 Å². The fraction of sp³-hybridized carbons (Fsp3) is 0.571. The van der Waals surface area contributed by atoms with E-state index in [4.69, 9.17) is 9.47 Å². The molecule has 27 heavy (non-hydrogen) atoms. The van der Waals surface area contributed by atoms with Crippen LogP contribution in [0.2, 0.25) is 0 Å². The molecule has 0 amide bonds. The standard InChI is InChI=1S/C21H27F3O3/c1-6-8-12-13(18(23)19(24)14(10-26-5)17(12)22)11-27-20(25)16-15(9-7-2)21(16,3)4/h7,9,15-16H,6,8,10-11H2,1-5H3/t15-,16+/m1/s1. The number of ether oxygens (including phenoxy) is 2. The van der Waals surface area contributed by atoms with E-state index in [0.717, 1.165) is 0 Å². The molecule has 3 nitrogen and oxygen atoms in total. The fourth-order valence-electron chi connectivity index (χ4n) is 3.67. The van der Waals surface area contributed by atoms with E-state index in [-0.39, 0.29) is 41.4 Å². The van der Waals surface area contributed by atoms with Gasteiger partial charge in [-0.05, 0) is 30.2 Å². The lowest BCUT2D eigenvalue weighted by molar-refractivity contribution is -0.147. The molecule has 0 spiro atoms. The molecule has 0 bridgehead atoms. The van der Waals surface area contributed by atoms with Crippen molar-refractivity contribution in [1.29, 1.82) is 0 Å². The third-order valence-electron chi connectivity index (χ3n) is 5.33. The van der Waals surface area contributed by atoms with Crippen molar-refractivity contribution in [1.82, 2.24) is 0 Å². The summed E-state index contributed by atoms with van der Waals surface area (Å²) in [6.45, 7) is 6.72. The molecule has 150 valence electrons. The molecule has 0 aromatic heterocycles. The molecule has 0 aliphatic heterocycles. The predicted octanol–water partition coefficient (Wildman–Crippen LogP) is 5.09. The van der Waals surface area contributed by atoms with E-state index in [9.17, 15) is 18.0 Å². The van der Waals surface area contributed by atoms with Crippen LogP contribution in [0.3, 0.4) is 0 Å². The van der Waals surface area contributed by atoms with Gasteiger partial charge in [0.1, 0.15) is 12.4 Å². The summed E-state index contributed by atoms with van der Waals surface area (Å²) in [4.78, 5) is 12.4. The maximum atomic E-state index is 14.7. The number of rotatable bonds is 8. The lowest BCUT2D eigenvalue weighted by atomic mass is 9.98. The van der Waals surface area contributed by atoms with Gasteiger partial charge in [0.2, 0.25) is 0 Å². The quantitative estimate of drug-likeness (QED) is 0.356. The van der Waals surface area contributed by atoms with Crippen LogP contribution in [0.4, 0.5) is 13.2 Å². The maximum Gasteiger partial charge on any atom is 0.310 e. The zero-order chi connectivity index (χ0) is 20.4. The normalized spacial score (nSPS) is 20.9. The highest BCUT2D eigenvalue weighted by molar-refractivity contribution is 5.78. The third-order valence-corrected chi connectivity index (χ3v) is 5.33. The molecule has 6 heteroatoms. The zero-order valence-electron chi connectivity index (χ0n) is 16.5. The minimum atomic E-state index is -1.29. The van der Waals surface area contributed by atoms with Gasteiger partial charge < -0.3 is 9.47 Å².